The van der Waals surface area contributed by atoms with Crippen LogP contribution in [0.2, 0.25) is 0 Å². The summed E-state index contributed by atoms with van der Waals surface area (Å²) in [7, 11) is 0. The van der Waals surface area contributed by atoms with Crippen LogP contribution in [-0.2, 0) is 6.42 Å². The summed E-state index contributed by atoms with van der Waals surface area (Å²) in [6, 6.07) is 7.58. The van der Waals surface area contributed by atoms with Gasteiger partial charge in [0.25, 0.3) is 0 Å². The molecular formula is C12H12O. The van der Waals surface area contributed by atoms with E-state index in [1.165, 1.54) is 0 Å². The van der Waals surface area contributed by atoms with Gasteiger partial charge in [-0.2, -0.15) is 0 Å². The third kappa shape index (κ3) is 3.08. The van der Waals surface area contributed by atoms with Gasteiger partial charge < -0.3 is 0 Å². The minimum atomic E-state index is 0.726. The Balaban J connectivity index is 2.71. The van der Waals surface area contributed by atoms with E-state index in [1.54, 1.807) is 12.1 Å². The molecule has 0 fully saturated rings. The van der Waals surface area contributed by atoms with Crippen LogP contribution < -0.4 is 0 Å². The molecule has 0 amide bonds. The lowest BCUT2D eigenvalue weighted by Crippen LogP contribution is -1.84. The van der Waals surface area contributed by atoms with Crippen molar-refractivity contribution < 1.29 is 4.79 Å². The standard InChI is InChI=1S/C12H12O/c1-2-3-4-6-11-7-5-8-12(9-11)10-13/h2-5,7-10H,1,6H2/b4-3-. The Kier molecular flexibility index (Phi) is 3.71. The fraction of sp³-hybridized carbons (Fsp3) is 0.0833. The van der Waals surface area contributed by atoms with Crippen molar-refractivity contribution in [2.75, 3.05) is 0 Å². The Morgan fingerprint density at radius 1 is 1.38 bits per heavy atom. The molecule has 0 aromatic heterocycles. The summed E-state index contributed by atoms with van der Waals surface area (Å²) in [4.78, 5) is 10.5. The molecule has 0 N–H and O–H groups in total. The zero-order chi connectivity index (χ0) is 9.52. The Morgan fingerprint density at radius 2 is 2.23 bits per heavy atom. The first-order chi connectivity index (χ1) is 6.36. The fourth-order valence-electron chi connectivity index (χ4n) is 1.09. The molecule has 0 spiro atoms. The largest absolute Gasteiger partial charge is 0.298 e. The maximum absolute atomic E-state index is 10.5. The van der Waals surface area contributed by atoms with Gasteiger partial charge in [-0.1, -0.05) is 43.0 Å². The van der Waals surface area contributed by atoms with Gasteiger partial charge in [0.1, 0.15) is 6.29 Å². The predicted molar refractivity (Wildman–Crippen MR) is 54.9 cm³/mol. The molecule has 1 heteroatoms. The van der Waals surface area contributed by atoms with Crippen molar-refractivity contribution in [1.29, 1.82) is 0 Å². The number of hydrogen-bond donors (Lipinski definition) is 0. The van der Waals surface area contributed by atoms with E-state index in [4.69, 9.17) is 0 Å². The Hall–Kier alpha value is -1.63. The maximum Gasteiger partial charge on any atom is 0.150 e. The minimum absolute atomic E-state index is 0.726. The van der Waals surface area contributed by atoms with Gasteiger partial charge in [0.15, 0.2) is 0 Å². The highest BCUT2D eigenvalue weighted by molar-refractivity contribution is 5.74. The van der Waals surface area contributed by atoms with Crippen molar-refractivity contribution in [3.63, 3.8) is 0 Å². The normalized spacial score (nSPS) is 10.2. The molecule has 0 atom stereocenters. The van der Waals surface area contributed by atoms with Gasteiger partial charge in [0, 0.05) is 5.56 Å². The lowest BCUT2D eigenvalue weighted by Gasteiger charge is -1.96. The van der Waals surface area contributed by atoms with E-state index < -0.39 is 0 Å². The summed E-state index contributed by atoms with van der Waals surface area (Å²) in [6.45, 7) is 3.58. The lowest BCUT2D eigenvalue weighted by molar-refractivity contribution is 0.112. The van der Waals surface area contributed by atoms with E-state index in [0.29, 0.717) is 0 Å². The summed E-state index contributed by atoms with van der Waals surface area (Å²) in [5, 5.41) is 0. The minimum Gasteiger partial charge on any atom is -0.298 e. The van der Waals surface area contributed by atoms with E-state index in [1.807, 2.05) is 30.4 Å². The summed E-state index contributed by atoms with van der Waals surface area (Å²) >= 11 is 0. The van der Waals surface area contributed by atoms with Gasteiger partial charge >= 0.3 is 0 Å². The fourth-order valence-corrected chi connectivity index (χ4v) is 1.09. The topological polar surface area (TPSA) is 17.1 Å². The first kappa shape index (κ1) is 9.46. The van der Waals surface area contributed by atoms with Gasteiger partial charge in [-0.3, -0.25) is 4.79 Å². The van der Waals surface area contributed by atoms with E-state index in [0.717, 1.165) is 23.8 Å². The van der Waals surface area contributed by atoms with Crippen LogP contribution in [0, 0.1) is 0 Å². The SMILES string of the molecule is C=C/C=C\Cc1cccc(C=O)c1. The second-order valence-electron chi connectivity index (χ2n) is 2.73. The first-order valence-corrected chi connectivity index (χ1v) is 4.18. The number of carbonyl (C=O) groups is 1. The number of benzene rings is 1. The number of aldehydes is 1. The molecule has 0 aliphatic heterocycles. The second-order valence-corrected chi connectivity index (χ2v) is 2.73. The zero-order valence-electron chi connectivity index (χ0n) is 7.44. The molecule has 0 saturated carbocycles. The van der Waals surface area contributed by atoms with Crippen molar-refractivity contribution in [1.82, 2.24) is 0 Å². The lowest BCUT2D eigenvalue weighted by atomic mass is 10.1. The molecule has 0 unspecified atom stereocenters. The van der Waals surface area contributed by atoms with Crippen LogP contribution in [0.3, 0.4) is 0 Å². The van der Waals surface area contributed by atoms with Crippen molar-refractivity contribution in [3.8, 4) is 0 Å². The van der Waals surface area contributed by atoms with E-state index in [9.17, 15) is 4.79 Å². The molecule has 0 bridgehead atoms. The predicted octanol–water partition coefficient (Wildman–Crippen LogP) is 2.78. The maximum atomic E-state index is 10.5. The van der Waals surface area contributed by atoms with Crippen LogP contribution >= 0.6 is 0 Å². The molecule has 0 aliphatic carbocycles. The van der Waals surface area contributed by atoms with Crippen LogP contribution in [-0.4, -0.2) is 6.29 Å². The van der Waals surface area contributed by atoms with Crippen LogP contribution in [0.4, 0.5) is 0 Å². The highest BCUT2D eigenvalue weighted by Crippen LogP contribution is 2.04. The molecular weight excluding hydrogens is 160 g/mol. The average Bonchev–Trinajstić information content (AvgIpc) is 2.19. The third-order valence-electron chi connectivity index (χ3n) is 1.71. The van der Waals surface area contributed by atoms with Crippen molar-refractivity contribution in [2.24, 2.45) is 0 Å². The van der Waals surface area contributed by atoms with Gasteiger partial charge in [-0.05, 0) is 18.1 Å². The van der Waals surface area contributed by atoms with Crippen LogP contribution in [0.1, 0.15) is 15.9 Å². The summed E-state index contributed by atoms with van der Waals surface area (Å²) in [5.74, 6) is 0. The summed E-state index contributed by atoms with van der Waals surface area (Å²) in [5.41, 5.74) is 1.87. The quantitative estimate of drug-likeness (QED) is 0.504. The van der Waals surface area contributed by atoms with Crippen molar-refractivity contribution >= 4 is 6.29 Å². The van der Waals surface area contributed by atoms with Crippen LogP contribution in [0.25, 0.3) is 0 Å². The Labute approximate surface area is 78.4 Å². The molecule has 1 rings (SSSR count). The monoisotopic (exact) mass is 172 g/mol. The van der Waals surface area contributed by atoms with Crippen LogP contribution in [0.5, 0.6) is 0 Å². The molecule has 0 radical (unpaired) electrons. The number of allylic oxidation sites excluding steroid dienone is 3. The first-order valence-electron chi connectivity index (χ1n) is 4.18. The molecule has 1 nitrogen and oxygen atoms in total. The highest BCUT2D eigenvalue weighted by atomic mass is 16.1. The third-order valence-corrected chi connectivity index (χ3v) is 1.71. The van der Waals surface area contributed by atoms with Gasteiger partial charge in [-0.15, -0.1) is 0 Å². The van der Waals surface area contributed by atoms with Crippen molar-refractivity contribution in [2.45, 2.75) is 6.42 Å². The summed E-state index contributed by atoms with van der Waals surface area (Å²) < 4.78 is 0. The second kappa shape index (κ2) is 5.09. The molecule has 13 heavy (non-hydrogen) atoms. The smallest absolute Gasteiger partial charge is 0.150 e. The molecule has 0 heterocycles. The molecule has 0 aliphatic rings. The zero-order valence-corrected chi connectivity index (χ0v) is 7.44. The van der Waals surface area contributed by atoms with E-state index in [-0.39, 0.29) is 0 Å². The summed E-state index contributed by atoms with van der Waals surface area (Å²) in [6.07, 6.45) is 7.35. The Bertz CT molecular complexity index is 324. The van der Waals surface area contributed by atoms with Crippen molar-refractivity contribution in [3.05, 3.63) is 60.2 Å². The Morgan fingerprint density at radius 3 is 2.92 bits per heavy atom. The van der Waals surface area contributed by atoms with Crippen LogP contribution in [0.15, 0.2) is 49.1 Å². The average molecular weight is 172 g/mol. The number of hydrogen-bond acceptors (Lipinski definition) is 1. The van der Waals surface area contributed by atoms with Gasteiger partial charge in [0.2, 0.25) is 0 Å². The number of carbonyl (C=O) groups excluding carboxylic acids is 1. The molecule has 1 aromatic rings. The molecule has 0 saturated heterocycles. The molecule has 66 valence electrons. The van der Waals surface area contributed by atoms with Gasteiger partial charge in [0.05, 0.1) is 0 Å². The van der Waals surface area contributed by atoms with Gasteiger partial charge in [-0.25, -0.2) is 0 Å². The molecule has 1 aromatic carbocycles. The van der Waals surface area contributed by atoms with E-state index in [2.05, 4.69) is 6.58 Å². The number of rotatable bonds is 4. The highest BCUT2D eigenvalue weighted by Gasteiger charge is 1.91. The van der Waals surface area contributed by atoms with E-state index >= 15 is 0 Å².